The van der Waals surface area contributed by atoms with Crippen LogP contribution in [0.1, 0.15) is 33.1 Å². The summed E-state index contributed by atoms with van der Waals surface area (Å²) in [6.45, 7) is 7.45. The fourth-order valence-corrected chi connectivity index (χ4v) is 2.53. The first kappa shape index (κ1) is 15.4. The minimum Gasteiger partial charge on any atom is -0.469 e. The first-order valence-corrected chi connectivity index (χ1v) is 6.80. The molecule has 4 nitrogen and oxygen atoms in total. The minimum absolute atomic E-state index is 0.139. The summed E-state index contributed by atoms with van der Waals surface area (Å²) >= 11 is 0. The number of methoxy groups -OCH3 is 1. The van der Waals surface area contributed by atoms with E-state index in [0.717, 1.165) is 32.2 Å². The van der Waals surface area contributed by atoms with Crippen LogP contribution >= 0.6 is 0 Å². The van der Waals surface area contributed by atoms with Crippen molar-refractivity contribution in [1.29, 1.82) is 0 Å². The second-order valence-corrected chi connectivity index (χ2v) is 5.96. The molecule has 0 atom stereocenters. The Morgan fingerprint density at radius 1 is 1.39 bits per heavy atom. The number of ether oxygens (including phenoxy) is 2. The SMILES string of the molecule is COC(=O)C(C)(C)CN(C)CCC1CCOCC1. The molecule has 18 heavy (non-hydrogen) atoms. The van der Waals surface area contributed by atoms with Gasteiger partial charge in [-0.15, -0.1) is 0 Å². The van der Waals surface area contributed by atoms with Gasteiger partial charge >= 0.3 is 5.97 Å². The van der Waals surface area contributed by atoms with Gasteiger partial charge in [-0.25, -0.2) is 0 Å². The molecule has 0 saturated carbocycles. The molecule has 1 fully saturated rings. The van der Waals surface area contributed by atoms with Gasteiger partial charge in [0.25, 0.3) is 0 Å². The third-order valence-electron chi connectivity index (χ3n) is 3.66. The molecule has 0 amide bonds. The van der Waals surface area contributed by atoms with E-state index in [1.165, 1.54) is 26.4 Å². The molecule has 1 aliphatic rings. The zero-order chi connectivity index (χ0) is 13.6. The van der Waals surface area contributed by atoms with Crippen molar-refractivity contribution in [2.24, 2.45) is 11.3 Å². The Balaban J connectivity index is 2.27. The third-order valence-corrected chi connectivity index (χ3v) is 3.66. The van der Waals surface area contributed by atoms with Crippen molar-refractivity contribution < 1.29 is 14.3 Å². The maximum Gasteiger partial charge on any atom is 0.312 e. The van der Waals surface area contributed by atoms with Gasteiger partial charge in [0.1, 0.15) is 0 Å². The van der Waals surface area contributed by atoms with E-state index in [2.05, 4.69) is 11.9 Å². The predicted molar refractivity (Wildman–Crippen MR) is 71.5 cm³/mol. The second kappa shape index (κ2) is 7.10. The molecule has 0 bridgehead atoms. The zero-order valence-corrected chi connectivity index (χ0v) is 12.2. The Labute approximate surface area is 111 Å². The van der Waals surface area contributed by atoms with Gasteiger partial charge < -0.3 is 14.4 Å². The van der Waals surface area contributed by atoms with Crippen molar-refractivity contribution in [3.63, 3.8) is 0 Å². The summed E-state index contributed by atoms with van der Waals surface area (Å²) in [4.78, 5) is 13.8. The number of carbonyl (C=O) groups excluding carboxylic acids is 1. The topological polar surface area (TPSA) is 38.8 Å². The van der Waals surface area contributed by atoms with E-state index in [4.69, 9.17) is 9.47 Å². The van der Waals surface area contributed by atoms with E-state index >= 15 is 0 Å². The lowest BCUT2D eigenvalue weighted by molar-refractivity contribution is -0.151. The Morgan fingerprint density at radius 2 is 2.00 bits per heavy atom. The highest BCUT2D eigenvalue weighted by atomic mass is 16.5. The fourth-order valence-electron chi connectivity index (χ4n) is 2.53. The molecule has 1 rings (SSSR count). The zero-order valence-electron chi connectivity index (χ0n) is 12.2. The number of rotatable bonds is 6. The molecule has 4 heteroatoms. The molecule has 0 aromatic heterocycles. The van der Waals surface area contributed by atoms with Crippen LogP contribution < -0.4 is 0 Å². The monoisotopic (exact) mass is 257 g/mol. The van der Waals surface area contributed by atoms with Gasteiger partial charge in [0.15, 0.2) is 0 Å². The lowest BCUT2D eigenvalue weighted by Gasteiger charge is -2.29. The molecular weight excluding hydrogens is 230 g/mol. The molecule has 0 N–H and O–H groups in total. The lowest BCUT2D eigenvalue weighted by atomic mass is 9.92. The van der Waals surface area contributed by atoms with Crippen LogP contribution in [0.25, 0.3) is 0 Å². The molecule has 0 aliphatic carbocycles. The Kier molecular flexibility index (Phi) is 6.09. The van der Waals surface area contributed by atoms with Crippen LogP contribution in [0.2, 0.25) is 0 Å². The molecule has 0 radical (unpaired) electrons. The van der Waals surface area contributed by atoms with Crippen molar-refractivity contribution in [3.05, 3.63) is 0 Å². The van der Waals surface area contributed by atoms with Gasteiger partial charge in [0.2, 0.25) is 0 Å². The number of nitrogens with zero attached hydrogens (tertiary/aromatic N) is 1. The van der Waals surface area contributed by atoms with Crippen molar-refractivity contribution in [3.8, 4) is 0 Å². The van der Waals surface area contributed by atoms with Crippen LogP contribution in [0.15, 0.2) is 0 Å². The number of esters is 1. The Bertz CT molecular complexity index is 260. The van der Waals surface area contributed by atoms with E-state index in [9.17, 15) is 4.79 Å². The third kappa shape index (κ3) is 4.94. The molecule has 0 unspecified atom stereocenters. The molecule has 1 saturated heterocycles. The van der Waals surface area contributed by atoms with Gasteiger partial charge in [-0.05, 0) is 52.6 Å². The normalized spacial score (nSPS) is 18.1. The van der Waals surface area contributed by atoms with Gasteiger partial charge in [-0.3, -0.25) is 4.79 Å². The quantitative estimate of drug-likeness (QED) is 0.682. The predicted octanol–water partition coefficient (Wildman–Crippen LogP) is 1.93. The minimum atomic E-state index is -0.431. The van der Waals surface area contributed by atoms with E-state index in [-0.39, 0.29) is 5.97 Å². The number of hydrogen-bond donors (Lipinski definition) is 0. The number of carbonyl (C=O) groups is 1. The first-order valence-electron chi connectivity index (χ1n) is 6.80. The summed E-state index contributed by atoms with van der Waals surface area (Å²) in [6.07, 6.45) is 3.54. The summed E-state index contributed by atoms with van der Waals surface area (Å²) in [7, 11) is 3.52. The van der Waals surface area contributed by atoms with Crippen LogP contribution in [-0.2, 0) is 14.3 Å². The van der Waals surface area contributed by atoms with Crippen molar-refractivity contribution in [1.82, 2.24) is 4.90 Å². The van der Waals surface area contributed by atoms with Gasteiger partial charge in [0.05, 0.1) is 12.5 Å². The average Bonchev–Trinajstić information content (AvgIpc) is 2.36. The summed E-state index contributed by atoms with van der Waals surface area (Å²) in [6, 6.07) is 0. The van der Waals surface area contributed by atoms with E-state index in [1.54, 1.807) is 0 Å². The van der Waals surface area contributed by atoms with Gasteiger partial charge in [-0.2, -0.15) is 0 Å². The van der Waals surface area contributed by atoms with Crippen LogP contribution in [0.5, 0.6) is 0 Å². The smallest absolute Gasteiger partial charge is 0.312 e. The molecular formula is C14H27NO3. The number of hydrogen-bond acceptors (Lipinski definition) is 4. The van der Waals surface area contributed by atoms with Crippen molar-refractivity contribution in [2.45, 2.75) is 33.1 Å². The first-order chi connectivity index (χ1) is 8.45. The summed E-state index contributed by atoms with van der Waals surface area (Å²) in [5, 5.41) is 0. The van der Waals surface area contributed by atoms with E-state index in [0.29, 0.717) is 0 Å². The molecule has 106 valence electrons. The average molecular weight is 257 g/mol. The molecule has 0 aromatic rings. The van der Waals surface area contributed by atoms with Gasteiger partial charge in [0, 0.05) is 19.8 Å². The molecule has 1 heterocycles. The Morgan fingerprint density at radius 3 is 2.56 bits per heavy atom. The standard InChI is InChI=1S/C14H27NO3/c1-14(2,13(16)17-4)11-15(3)8-5-12-6-9-18-10-7-12/h12H,5-11H2,1-4H3. The molecule has 0 spiro atoms. The van der Waals surface area contributed by atoms with E-state index in [1.807, 2.05) is 13.8 Å². The largest absolute Gasteiger partial charge is 0.469 e. The Hall–Kier alpha value is -0.610. The summed E-state index contributed by atoms with van der Waals surface area (Å²) in [5.41, 5.74) is -0.431. The van der Waals surface area contributed by atoms with Gasteiger partial charge in [-0.1, -0.05) is 0 Å². The summed E-state index contributed by atoms with van der Waals surface area (Å²) in [5.74, 6) is 0.642. The van der Waals surface area contributed by atoms with Crippen LogP contribution in [0.4, 0.5) is 0 Å². The van der Waals surface area contributed by atoms with E-state index < -0.39 is 5.41 Å². The van der Waals surface area contributed by atoms with Crippen LogP contribution in [-0.4, -0.2) is 51.3 Å². The molecule has 0 aromatic carbocycles. The second-order valence-electron chi connectivity index (χ2n) is 5.96. The van der Waals surface area contributed by atoms with Crippen molar-refractivity contribution >= 4 is 5.97 Å². The highest BCUT2D eigenvalue weighted by Crippen LogP contribution is 2.21. The van der Waals surface area contributed by atoms with Crippen LogP contribution in [0, 0.1) is 11.3 Å². The van der Waals surface area contributed by atoms with Crippen molar-refractivity contribution in [2.75, 3.05) is 40.5 Å². The maximum absolute atomic E-state index is 11.6. The fraction of sp³-hybridized carbons (Fsp3) is 0.929. The maximum atomic E-state index is 11.6. The van der Waals surface area contributed by atoms with Crippen LogP contribution in [0.3, 0.4) is 0 Å². The highest BCUT2D eigenvalue weighted by molar-refractivity contribution is 5.76. The molecule has 1 aliphatic heterocycles. The lowest BCUT2D eigenvalue weighted by Crippen LogP contribution is -2.39. The summed E-state index contributed by atoms with van der Waals surface area (Å²) < 4.78 is 10.2. The highest BCUT2D eigenvalue weighted by Gasteiger charge is 2.30.